The highest BCUT2D eigenvalue weighted by atomic mass is 19.4. The predicted octanol–water partition coefficient (Wildman–Crippen LogP) is 2.59. The summed E-state index contributed by atoms with van der Waals surface area (Å²) in [7, 11) is 0. The maximum absolute atomic E-state index is 14.3. The first-order valence-corrected chi connectivity index (χ1v) is 8.22. The molecule has 0 saturated carbocycles. The van der Waals surface area contributed by atoms with E-state index in [-0.39, 0.29) is 18.1 Å². The number of hydroxylamine groups is 1. The number of rotatable bonds is 6. The number of benzene rings is 1. The Labute approximate surface area is 161 Å². The van der Waals surface area contributed by atoms with Crippen LogP contribution >= 0.6 is 0 Å². The van der Waals surface area contributed by atoms with Gasteiger partial charge in [-0.15, -0.1) is 10.2 Å². The van der Waals surface area contributed by atoms with Gasteiger partial charge in [0.1, 0.15) is 23.5 Å². The number of aromatic nitrogens is 3. The molecule has 29 heavy (non-hydrogen) atoms. The third-order valence-corrected chi connectivity index (χ3v) is 3.86. The SMILES string of the molecule is Cc1ccc(Nc2c(C(=O)NOCCO)cc(C(F)(F)F)c3nncn23)c(F)c1. The third-order valence-electron chi connectivity index (χ3n) is 3.86. The van der Waals surface area contributed by atoms with Gasteiger partial charge in [-0.05, 0) is 30.7 Å². The normalized spacial score (nSPS) is 11.7. The van der Waals surface area contributed by atoms with Gasteiger partial charge in [-0.25, -0.2) is 9.87 Å². The van der Waals surface area contributed by atoms with E-state index in [1.807, 2.05) is 5.48 Å². The van der Waals surface area contributed by atoms with Crippen molar-refractivity contribution in [2.24, 2.45) is 0 Å². The van der Waals surface area contributed by atoms with Gasteiger partial charge in [0.15, 0.2) is 5.65 Å². The van der Waals surface area contributed by atoms with E-state index in [9.17, 15) is 22.4 Å². The van der Waals surface area contributed by atoms with Crippen molar-refractivity contribution in [1.82, 2.24) is 20.1 Å². The molecular formula is C17H15F4N5O3. The van der Waals surface area contributed by atoms with Crippen molar-refractivity contribution >= 4 is 23.1 Å². The molecule has 0 unspecified atom stereocenters. The Morgan fingerprint density at radius 3 is 2.72 bits per heavy atom. The second kappa shape index (κ2) is 8.01. The lowest BCUT2D eigenvalue weighted by Gasteiger charge is -2.17. The Morgan fingerprint density at radius 2 is 2.07 bits per heavy atom. The molecule has 2 heterocycles. The number of halogens is 4. The fourth-order valence-corrected chi connectivity index (χ4v) is 2.56. The number of nitrogens with zero attached hydrogens (tertiary/aromatic N) is 3. The molecule has 0 aliphatic rings. The van der Waals surface area contributed by atoms with Crippen LogP contribution in [-0.4, -0.2) is 38.8 Å². The largest absolute Gasteiger partial charge is 0.420 e. The van der Waals surface area contributed by atoms with Gasteiger partial charge >= 0.3 is 6.18 Å². The minimum absolute atomic E-state index is 0.0734. The Bertz CT molecular complexity index is 1050. The van der Waals surface area contributed by atoms with Gasteiger partial charge in [0, 0.05) is 0 Å². The molecule has 8 nitrogen and oxygen atoms in total. The predicted molar refractivity (Wildman–Crippen MR) is 92.9 cm³/mol. The summed E-state index contributed by atoms with van der Waals surface area (Å²) in [4.78, 5) is 17.1. The standard InChI is InChI=1S/C17H15F4N5O3/c1-9-2-3-13(12(18)6-9)23-14-10(16(28)25-29-5-4-27)7-11(17(19,20)21)15-24-22-8-26(14)15/h2-3,6-8,23,27H,4-5H2,1H3,(H,25,28). The van der Waals surface area contributed by atoms with Crippen LogP contribution in [0.15, 0.2) is 30.6 Å². The molecule has 0 bridgehead atoms. The summed E-state index contributed by atoms with van der Waals surface area (Å²) in [6, 6.07) is 4.75. The van der Waals surface area contributed by atoms with Crippen LogP contribution in [0.3, 0.4) is 0 Å². The van der Waals surface area contributed by atoms with Gasteiger partial charge in [-0.1, -0.05) is 6.07 Å². The topological polar surface area (TPSA) is 101 Å². The first-order valence-electron chi connectivity index (χ1n) is 8.22. The molecule has 3 N–H and O–H groups in total. The molecule has 0 fully saturated rings. The molecule has 154 valence electrons. The summed E-state index contributed by atoms with van der Waals surface area (Å²) in [6.07, 6.45) is -3.87. The molecule has 0 atom stereocenters. The first kappa shape index (κ1) is 20.5. The van der Waals surface area contributed by atoms with Crippen LogP contribution in [0.1, 0.15) is 21.5 Å². The maximum Gasteiger partial charge on any atom is 0.420 e. The van der Waals surface area contributed by atoms with E-state index in [1.54, 1.807) is 13.0 Å². The number of nitrogens with one attached hydrogen (secondary N) is 2. The van der Waals surface area contributed by atoms with E-state index < -0.39 is 41.3 Å². The number of aliphatic hydroxyl groups excluding tert-OH is 1. The number of carbonyl (C=O) groups is 1. The van der Waals surface area contributed by atoms with Gasteiger partial charge in [-0.2, -0.15) is 13.2 Å². The average molecular weight is 413 g/mol. The second-order valence-corrected chi connectivity index (χ2v) is 5.95. The number of aliphatic hydroxyl groups is 1. The smallest absolute Gasteiger partial charge is 0.394 e. The van der Waals surface area contributed by atoms with Gasteiger partial charge in [0.2, 0.25) is 0 Å². The molecular weight excluding hydrogens is 398 g/mol. The van der Waals surface area contributed by atoms with Crippen molar-refractivity contribution in [3.8, 4) is 0 Å². The summed E-state index contributed by atoms with van der Waals surface area (Å²) in [5.41, 5.74) is 0.210. The van der Waals surface area contributed by atoms with Gasteiger partial charge < -0.3 is 10.4 Å². The molecule has 0 aliphatic heterocycles. The monoisotopic (exact) mass is 413 g/mol. The lowest BCUT2D eigenvalue weighted by molar-refractivity contribution is -0.136. The Hall–Kier alpha value is -3.25. The van der Waals surface area contributed by atoms with Crippen molar-refractivity contribution in [1.29, 1.82) is 0 Å². The lowest BCUT2D eigenvalue weighted by Crippen LogP contribution is -2.27. The summed E-state index contributed by atoms with van der Waals surface area (Å²) >= 11 is 0. The zero-order valence-corrected chi connectivity index (χ0v) is 14.9. The molecule has 1 aromatic carbocycles. The third kappa shape index (κ3) is 4.27. The van der Waals surface area contributed by atoms with Crippen molar-refractivity contribution in [2.45, 2.75) is 13.1 Å². The van der Waals surface area contributed by atoms with Crippen LogP contribution in [0.2, 0.25) is 0 Å². The van der Waals surface area contributed by atoms with E-state index in [0.717, 1.165) is 10.7 Å². The maximum atomic E-state index is 14.3. The number of pyridine rings is 1. The van der Waals surface area contributed by atoms with Crippen molar-refractivity contribution in [2.75, 3.05) is 18.5 Å². The highest BCUT2D eigenvalue weighted by Crippen LogP contribution is 2.35. The van der Waals surface area contributed by atoms with Crippen LogP contribution in [0.5, 0.6) is 0 Å². The lowest BCUT2D eigenvalue weighted by atomic mass is 10.1. The van der Waals surface area contributed by atoms with Crippen LogP contribution < -0.4 is 10.8 Å². The van der Waals surface area contributed by atoms with E-state index >= 15 is 0 Å². The average Bonchev–Trinajstić information content (AvgIpc) is 3.12. The van der Waals surface area contributed by atoms with Crippen molar-refractivity contribution < 1.29 is 32.3 Å². The Morgan fingerprint density at radius 1 is 1.31 bits per heavy atom. The van der Waals surface area contributed by atoms with E-state index in [0.29, 0.717) is 11.6 Å². The van der Waals surface area contributed by atoms with Crippen LogP contribution in [0.25, 0.3) is 5.65 Å². The Kier molecular flexibility index (Phi) is 5.66. The number of anilines is 2. The summed E-state index contributed by atoms with van der Waals surface area (Å²) < 4.78 is 55.5. The van der Waals surface area contributed by atoms with Gasteiger partial charge in [0.25, 0.3) is 5.91 Å². The number of alkyl halides is 3. The van der Waals surface area contributed by atoms with Crippen LogP contribution in [0, 0.1) is 12.7 Å². The second-order valence-electron chi connectivity index (χ2n) is 5.95. The first-order chi connectivity index (χ1) is 13.7. The fraction of sp³-hybridized carbons (Fsp3) is 0.235. The van der Waals surface area contributed by atoms with Gasteiger partial charge in [0.05, 0.1) is 24.5 Å². The fourth-order valence-electron chi connectivity index (χ4n) is 2.56. The zero-order valence-electron chi connectivity index (χ0n) is 14.9. The number of fused-ring (bicyclic) bond motifs is 1. The molecule has 12 heteroatoms. The molecule has 0 radical (unpaired) electrons. The van der Waals surface area contributed by atoms with Crippen molar-refractivity contribution in [3.05, 3.63) is 53.1 Å². The summed E-state index contributed by atoms with van der Waals surface area (Å²) in [6.45, 7) is 0.973. The number of hydrogen-bond acceptors (Lipinski definition) is 6. The molecule has 3 rings (SSSR count). The number of amides is 1. The van der Waals surface area contributed by atoms with Gasteiger partial charge in [-0.3, -0.25) is 14.0 Å². The van der Waals surface area contributed by atoms with Crippen LogP contribution in [0.4, 0.5) is 29.1 Å². The number of aryl methyl sites for hydroxylation is 1. The molecule has 0 spiro atoms. The van der Waals surface area contributed by atoms with Crippen LogP contribution in [-0.2, 0) is 11.0 Å². The molecule has 2 aromatic heterocycles. The van der Waals surface area contributed by atoms with E-state index in [2.05, 4.69) is 20.4 Å². The molecule has 1 amide bonds. The van der Waals surface area contributed by atoms with E-state index in [4.69, 9.17) is 5.11 Å². The minimum Gasteiger partial charge on any atom is -0.394 e. The molecule has 0 aliphatic carbocycles. The highest BCUT2D eigenvalue weighted by molar-refractivity contribution is 6.00. The molecule has 3 aromatic rings. The number of hydrogen-bond donors (Lipinski definition) is 3. The summed E-state index contributed by atoms with van der Waals surface area (Å²) in [5, 5.41) is 18.3. The Balaban J connectivity index is 2.16. The molecule has 0 saturated heterocycles. The summed E-state index contributed by atoms with van der Waals surface area (Å²) in [5.74, 6) is -1.92. The quantitative estimate of drug-likeness (QED) is 0.326. The van der Waals surface area contributed by atoms with Crippen molar-refractivity contribution in [3.63, 3.8) is 0 Å². The zero-order chi connectivity index (χ0) is 21.2. The minimum atomic E-state index is -4.83. The number of carbonyl (C=O) groups excluding carboxylic acids is 1. The van der Waals surface area contributed by atoms with E-state index in [1.165, 1.54) is 12.1 Å². The highest BCUT2D eigenvalue weighted by Gasteiger charge is 2.36.